The number of nitrogens with one attached hydrogen (secondary N) is 1. The number of amides is 2. The van der Waals surface area contributed by atoms with Gasteiger partial charge in [-0.1, -0.05) is 30.3 Å². The molecule has 0 spiro atoms. The predicted octanol–water partition coefficient (Wildman–Crippen LogP) is 1.31. The van der Waals surface area contributed by atoms with Gasteiger partial charge in [0.05, 0.1) is 23.1 Å². The Bertz CT molecular complexity index is 610. The maximum Gasteiger partial charge on any atom is 0.261 e. The Kier molecular flexibility index (Phi) is 4.49. The Morgan fingerprint density at radius 3 is 2.55 bits per heavy atom. The van der Waals surface area contributed by atoms with E-state index in [0.717, 1.165) is 16.9 Å². The zero-order valence-electron chi connectivity index (χ0n) is 10.6. The van der Waals surface area contributed by atoms with E-state index in [0.29, 0.717) is 10.4 Å². The summed E-state index contributed by atoms with van der Waals surface area (Å²) in [5, 5.41) is 13.6. The summed E-state index contributed by atoms with van der Waals surface area (Å²) in [5.41, 5.74) is 6.26. The van der Waals surface area contributed by atoms with Crippen molar-refractivity contribution in [2.24, 2.45) is 5.73 Å². The molecule has 0 aliphatic carbocycles. The third-order valence-electron chi connectivity index (χ3n) is 2.80. The van der Waals surface area contributed by atoms with Crippen molar-refractivity contribution in [3.8, 4) is 0 Å². The van der Waals surface area contributed by atoms with Crippen molar-refractivity contribution < 1.29 is 14.7 Å². The molecule has 1 unspecified atom stereocenters. The molecule has 4 N–H and O–H groups in total. The van der Waals surface area contributed by atoms with Crippen LogP contribution in [0.1, 0.15) is 31.6 Å². The zero-order valence-corrected chi connectivity index (χ0v) is 11.4. The highest BCUT2D eigenvalue weighted by Gasteiger charge is 2.17. The summed E-state index contributed by atoms with van der Waals surface area (Å²) in [6.07, 6.45) is 0. The van der Waals surface area contributed by atoms with Crippen molar-refractivity contribution >= 4 is 23.2 Å². The second kappa shape index (κ2) is 6.31. The van der Waals surface area contributed by atoms with Crippen LogP contribution in [0.3, 0.4) is 0 Å². The van der Waals surface area contributed by atoms with Gasteiger partial charge in [-0.15, -0.1) is 11.3 Å². The lowest BCUT2D eigenvalue weighted by atomic mass is 10.1. The van der Waals surface area contributed by atoms with Crippen LogP contribution >= 0.6 is 11.3 Å². The highest BCUT2D eigenvalue weighted by Crippen LogP contribution is 2.17. The Labute approximate surface area is 120 Å². The number of nitrogens with two attached hydrogens (primary N) is 1. The largest absolute Gasteiger partial charge is 0.394 e. The molecule has 104 valence electrons. The minimum atomic E-state index is -0.568. The monoisotopic (exact) mass is 290 g/mol. The standard InChI is InChI=1S/C14H14N2O3S/c15-13(18)10-6-12(20-8-10)14(19)16-11(7-17)9-4-2-1-3-5-9/h1-6,8,11,17H,7H2,(H2,15,18)(H,16,19). The van der Waals surface area contributed by atoms with Crippen LogP contribution in [0, 0.1) is 0 Å². The summed E-state index contributed by atoms with van der Waals surface area (Å²) in [4.78, 5) is 23.4. The smallest absolute Gasteiger partial charge is 0.261 e. The summed E-state index contributed by atoms with van der Waals surface area (Å²) in [6.45, 7) is -0.205. The van der Waals surface area contributed by atoms with Gasteiger partial charge in [-0.05, 0) is 11.6 Å². The third-order valence-corrected chi connectivity index (χ3v) is 3.73. The lowest BCUT2D eigenvalue weighted by Gasteiger charge is -2.16. The molecular weight excluding hydrogens is 276 g/mol. The quantitative estimate of drug-likeness (QED) is 0.775. The minimum Gasteiger partial charge on any atom is -0.394 e. The number of carbonyl (C=O) groups excluding carboxylic acids is 2. The molecule has 1 heterocycles. The van der Waals surface area contributed by atoms with Crippen molar-refractivity contribution in [1.82, 2.24) is 5.32 Å². The number of benzene rings is 1. The maximum atomic E-state index is 12.1. The molecule has 5 nitrogen and oxygen atoms in total. The molecule has 0 radical (unpaired) electrons. The van der Waals surface area contributed by atoms with Crippen molar-refractivity contribution in [2.45, 2.75) is 6.04 Å². The minimum absolute atomic E-state index is 0.205. The van der Waals surface area contributed by atoms with Crippen LogP contribution in [0.25, 0.3) is 0 Å². The topological polar surface area (TPSA) is 92.4 Å². The molecule has 0 fully saturated rings. The number of aliphatic hydroxyl groups is 1. The van der Waals surface area contributed by atoms with Crippen molar-refractivity contribution in [3.05, 3.63) is 57.8 Å². The maximum absolute atomic E-state index is 12.1. The fourth-order valence-electron chi connectivity index (χ4n) is 1.73. The molecule has 2 rings (SSSR count). The van der Waals surface area contributed by atoms with E-state index in [1.807, 2.05) is 30.3 Å². The van der Waals surface area contributed by atoms with Gasteiger partial charge in [0.2, 0.25) is 5.91 Å². The lowest BCUT2D eigenvalue weighted by Crippen LogP contribution is -2.30. The number of primary amides is 1. The average Bonchev–Trinajstić information content (AvgIpc) is 2.95. The second-order valence-corrected chi connectivity index (χ2v) is 5.09. The van der Waals surface area contributed by atoms with Crippen LogP contribution in [0.15, 0.2) is 41.8 Å². The molecule has 1 aromatic heterocycles. The van der Waals surface area contributed by atoms with E-state index in [9.17, 15) is 14.7 Å². The molecule has 0 saturated carbocycles. The molecule has 0 aliphatic heterocycles. The van der Waals surface area contributed by atoms with E-state index in [2.05, 4.69) is 5.32 Å². The highest BCUT2D eigenvalue weighted by molar-refractivity contribution is 7.12. The predicted molar refractivity (Wildman–Crippen MR) is 76.6 cm³/mol. The van der Waals surface area contributed by atoms with Gasteiger partial charge in [-0.3, -0.25) is 9.59 Å². The number of thiophene rings is 1. The molecule has 2 amide bonds. The van der Waals surface area contributed by atoms with Gasteiger partial charge in [0.1, 0.15) is 0 Å². The van der Waals surface area contributed by atoms with Crippen LogP contribution in [0.2, 0.25) is 0 Å². The summed E-state index contributed by atoms with van der Waals surface area (Å²) in [6, 6.07) is 10.1. The van der Waals surface area contributed by atoms with E-state index in [1.54, 1.807) is 0 Å². The second-order valence-electron chi connectivity index (χ2n) is 4.18. The van der Waals surface area contributed by atoms with Crippen molar-refractivity contribution in [3.63, 3.8) is 0 Å². The Balaban J connectivity index is 2.11. The number of rotatable bonds is 5. The Morgan fingerprint density at radius 2 is 2.00 bits per heavy atom. The van der Waals surface area contributed by atoms with Crippen LogP contribution in [-0.2, 0) is 0 Å². The Hall–Kier alpha value is -2.18. The molecular formula is C14H14N2O3S. The fourth-order valence-corrected chi connectivity index (χ4v) is 2.53. The van der Waals surface area contributed by atoms with Gasteiger partial charge in [0.25, 0.3) is 5.91 Å². The van der Waals surface area contributed by atoms with Crippen molar-refractivity contribution in [1.29, 1.82) is 0 Å². The molecule has 0 aliphatic rings. The van der Waals surface area contributed by atoms with Crippen LogP contribution in [0.4, 0.5) is 0 Å². The first-order valence-electron chi connectivity index (χ1n) is 5.97. The van der Waals surface area contributed by atoms with Gasteiger partial charge >= 0.3 is 0 Å². The third kappa shape index (κ3) is 3.23. The van der Waals surface area contributed by atoms with Gasteiger partial charge in [0, 0.05) is 5.38 Å². The molecule has 6 heteroatoms. The average molecular weight is 290 g/mol. The number of hydrogen-bond donors (Lipinski definition) is 3. The highest BCUT2D eigenvalue weighted by atomic mass is 32.1. The van der Waals surface area contributed by atoms with Crippen LogP contribution in [0.5, 0.6) is 0 Å². The number of carbonyl (C=O) groups is 2. The molecule has 2 aromatic rings. The molecule has 1 atom stereocenters. The lowest BCUT2D eigenvalue weighted by molar-refractivity contribution is 0.0920. The summed E-state index contributed by atoms with van der Waals surface area (Å²) in [7, 11) is 0. The summed E-state index contributed by atoms with van der Waals surface area (Å²) < 4.78 is 0. The molecule has 20 heavy (non-hydrogen) atoms. The summed E-state index contributed by atoms with van der Waals surface area (Å²) >= 11 is 1.14. The van der Waals surface area contributed by atoms with E-state index in [4.69, 9.17) is 5.73 Å². The number of hydrogen-bond acceptors (Lipinski definition) is 4. The molecule has 0 bridgehead atoms. The van der Waals surface area contributed by atoms with E-state index >= 15 is 0 Å². The van der Waals surface area contributed by atoms with Gasteiger partial charge in [0.15, 0.2) is 0 Å². The fraction of sp³-hybridized carbons (Fsp3) is 0.143. The van der Waals surface area contributed by atoms with Crippen molar-refractivity contribution in [2.75, 3.05) is 6.61 Å². The van der Waals surface area contributed by atoms with Gasteiger partial charge < -0.3 is 16.2 Å². The first-order chi connectivity index (χ1) is 9.61. The SMILES string of the molecule is NC(=O)c1csc(C(=O)NC(CO)c2ccccc2)c1. The Morgan fingerprint density at radius 1 is 1.30 bits per heavy atom. The first kappa shape index (κ1) is 14.2. The van der Waals surface area contributed by atoms with Crippen LogP contribution < -0.4 is 11.1 Å². The van der Waals surface area contributed by atoms with E-state index in [-0.39, 0.29) is 12.5 Å². The zero-order chi connectivity index (χ0) is 14.5. The van der Waals surface area contributed by atoms with Gasteiger partial charge in [-0.25, -0.2) is 0 Å². The van der Waals surface area contributed by atoms with Gasteiger partial charge in [-0.2, -0.15) is 0 Å². The number of aliphatic hydroxyl groups excluding tert-OH is 1. The normalized spacial score (nSPS) is 11.8. The van der Waals surface area contributed by atoms with Crippen LogP contribution in [-0.4, -0.2) is 23.5 Å². The van der Waals surface area contributed by atoms with E-state index in [1.165, 1.54) is 11.4 Å². The first-order valence-corrected chi connectivity index (χ1v) is 6.84. The molecule has 1 aromatic carbocycles. The summed E-state index contributed by atoms with van der Waals surface area (Å²) in [5.74, 6) is -0.910. The van der Waals surface area contributed by atoms with E-state index < -0.39 is 11.9 Å². The molecule has 0 saturated heterocycles.